The molecule has 1 fully saturated rings. The Morgan fingerprint density at radius 3 is 2.95 bits per heavy atom. The van der Waals surface area contributed by atoms with Crippen molar-refractivity contribution in [3.63, 3.8) is 0 Å². The molecule has 2 N–H and O–H groups in total. The Labute approximate surface area is 127 Å². The summed E-state index contributed by atoms with van der Waals surface area (Å²) in [5.41, 5.74) is 2.14. The van der Waals surface area contributed by atoms with Crippen LogP contribution in [0.15, 0.2) is 24.3 Å². The van der Waals surface area contributed by atoms with Crippen molar-refractivity contribution in [1.29, 1.82) is 0 Å². The molecule has 1 aliphatic rings. The molecular formula is C17H27N3O. The molecule has 4 nitrogen and oxygen atoms in total. The number of amides is 1. The van der Waals surface area contributed by atoms with E-state index in [9.17, 15) is 4.79 Å². The van der Waals surface area contributed by atoms with Crippen molar-refractivity contribution in [2.75, 3.05) is 32.0 Å². The second-order valence-electron chi connectivity index (χ2n) is 6.24. The third kappa shape index (κ3) is 4.83. The summed E-state index contributed by atoms with van der Waals surface area (Å²) in [4.78, 5) is 14.3. The van der Waals surface area contributed by atoms with E-state index in [-0.39, 0.29) is 5.91 Å². The van der Waals surface area contributed by atoms with Gasteiger partial charge in [0.25, 0.3) is 0 Å². The fraction of sp³-hybridized carbons (Fsp3) is 0.588. The van der Waals surface area contributed by atoms with Crippen molar-refractivity contribution >= 4 is 11.6 Å². The zero-order valence-corrected chi connectivity index (χ0v) is 13.4. The largest absolute Gasteiger partial charge is 0.325 e. The van der Waals surface area contributed by atoms with Crippen molar-refractivity contribution in [3.05, 3.63) is 29.8 Å². The maximum absolute atomic E-state index is 12.2. The molecule has 0 spiro atoms. The second kappa shape index (κ2) is 7.57. The minimum atomic E-state index is 0.0592. The highest BCUT2D eigenvalue weighted by atomic mass is 16.2. The molecule has 0 bridgehead atoms. The number of anilines is 1. The molecule has 1 amide bonds. The van der Waals surface area contributed by atoms with Gasteiger partial charge in [-0.3, -0.25) is 9.69 Å². The van der Waals surface area contributed by atoms with Gasteiger partial charge in [-0.1, -0.05) is 26.0 Å². The first-order valence-corrected chi connectivity index (χ1v) is 7.87. The van der Waals surface area contributed by atoms with Gasteiger partial charge in [-0.25, -0.2) is 0 Å². The van der Waals surface area contributed by atoms with Crippen molar-refractivity contribution in [2.45, 2.75) is 38.6 Å². The molecule has 116 valence electrons. The highest BCUT2D eigenvalue weighted by Crippen LogP contribution is 2.18. The third-order valence-corrected chi connectivity index (χ3v) is 4.12. The van der Waals surface area contributed by atoms with Crippen molar-refractivity contribution in [3.8, 4) is 0 Å². The number of hydrogen-bond acceptors (Lipinski definition) is 3. The van der Waals surface area contributed by atoms with Crippen LogP contribution in [0.25, 0.3) is 0 Å². The van der Waals surface area contributed by atoms with Crippen molar-refractivity contribution in [2.24, 2.45) is 0 Å². The summed E-state index contributed by atoms with van der Waals surface area (Å²) in [5.74, 6) is 0.529. The summed E-state index contributed by atoms with van der Waals surface area (Å²) in [6.07, 6.45) is 2.35. The van der Waals surface area contributed by atoms with E-state index in [4.69, 9.17) is 0 Å². The predicted octanol–water partition coefficient (Wildman–Crippen LogP) is 2.43. The van der Waals surface area contributed by atoms with Gasteiger partial charge in [-0.05, 0) is 50.0 Å². The normalized spacial score (nSPS) is 19.0. The topological polar surface area (TPSA) is 44.4 Å². The molecule has 0 saturated carbocycles. The number of nitrogens with zero attached hydrogens (tertiary/aromatic N) is 1. The van der Waals surface area contributed by atoms with Gasteiger partial charge in [0, 0.05) is 18.3 Å². The molecule has 21 heavy (non-hydrogen) atoms. The van der Waals surface area contributed by atoms with Gasteiger partial charge >= 0.3 is 0 Å². The second-order valence-corrected chi connectivity index (χ2v) is 6.24. The molecule has 0 aliphatic carbocycles. The van der Waals surface area contributed by atoms with E-state index in [2.05, 4.69) is 41.5 Å². The van der Waals surface area contributed by atoms with Crippen LogP contribution in [0.5, 0.6) is 0 Å². The lowest BCUT2D eigenvalue weighted by Gasteiger charge is -2.31. The average Bonchev–Trinajstić information content (AvgIpc) is 2.48. The summed E-state index contributed by atoms with van der Waals surface area (Å²) < 4.78 is 0. The van der Waals surface area contributed by atoms with Gasteiger partial charge in [0.1, 0.15) is 0 Å². The molecule has 4 heteroatoms. The number of nitrogens with one attached hydrogen (secondary N) is 2. The Balaban J connectivity index is 1.87. The zero-order valence-electron chi connectivity index (χ0n) is 13.4. The summed E-state index contributed by atoms with van der Waals surface area (Å²) in [5, 5.41) is 6.39. The lowest BCUT2D eigenvalue weighted by Crippen LogP contribution is -2.46. The Morgan fingerprint density at radius 2 is 2.29 bits per heavy atom. The lowest BCUT2D eigenvalue weighted by molar-refractivity contribution is -0.117. The smallest absolute Gasteiger partial charge is 0.238 e. The minimum absolute atomic E-state index is 0.0592. The fourth-order valence-electron chi connectivity index (χ4n) is 2.74. The van der Waals surface area contributed by atoms with Crippen molar-refractivity contribution < 1.29 is 4.79 Å². The van der Waals surface area contributed by atoms with Gasteiger partial charge in [-0.2, -0.15) is 0 Å². The molecule has 1 unspecified atom stereocenters. The maximum atomic E-state index is 12.2. The first-order valence-electron chi connectivity index (χ1n) is 7.87. The number of carbonyl (C=O) groups excluding carboxylic acids is 1. The van der Waals surface area contributed by atoms with E-state index in [1.165, 1.54) is 18.4 Å². The molecule has 0 radical (unpaired) electrons. The number of rotatable bonds is 5. The van der Waals surface area contributed by atoms with E-state index in [0.717, 1.165) is 18.8 Å². The van der Waals surface area contributed by atoms with Gasteiger partial charge in [0.05, 0.1) is 6.54 Å². The van der Waals surface area contributed by atoms with Gasteiger partial charge in [0.15, 0.2) is 0 Å². The highest BCUT2D eigenvalue weighted by Gasteiger charge is 2.19. The van der Waals surface area contributed by atoms with Crippen LogP contribution < -0.4 is 10.6 Å². The zero-order chi connectivity index (χ0) is 15.2. The number of piperidine rings is 1. The quantitative estimate of drug-likeness (QED) is 0.875. The standard InChI is InChI=1S/C17H27N3O/c1-13(2)14-6-4-7-15(10-14)19-17(21)12-20(3)16-8-5-9-18-11-16/h4,6-7,10,13,16,18H,5,8-9,11-12H2,1-3H3,(H,19,21). The highest BCUT2D eigenvalue weighted by molar-refractivity contribution is 5.92. The number of hydrogen-bond donors (Lipinski definition) is 2. The summed E-state index contributed by atoms with van der Waals surface area (Å²) in [7, 11) is 2.03. The minimum Gasteiger partial charge on any atom is -0.325 e. The van der Waals surface area contributed by atoms with Gasteiger partial charge in [0.2, 0.25) is 5.91 Å². The van der Waals surface area contributed by atoms with Gasteiger partial charge in [-0.15, -0.1) is 0 Å². The van der Waals surface area contributed by atoms with E-state index in [1.807, 2.05) is 19.2 Å². The molecule has 2 rings (SSSR count). The van der Waals surface area contributed by atoms with E-state index in [0.29, 0.717) is 18.5 Å². The third-order valence-electron chi connectivity index (χ3n) is 4.12. The van der Waals surface area contributed by atoms with Crippen LogP contribution >= 0.6 is 0 Å². The summed E-state index contributed by atoms with van der Waals surface area (Å²) in [6, 6.07) is 8.57. The monoisotopic (exact) mass is 289 g/mol. The molecular weight excluding hydrogens is 262 g/mol. The number of carbonyl (C=O) groups is 1. The maximum Gasteiger partial charge on any atom is 0.238 e. The summed E-state index contributed by atoms with van der Waals surface area (Å²) >= 11 is 0. The average molecular weight is 289 g/mol. The van der Waals surface area contributed by atoms with E-state index in [1.54, 1.807) is 0 Å². The van der Waals surface area contributed by atoms with Crippen LogP contribution in [0, 0.1) is 0 Å². The SMILES string of the molecule is CC(C)c1cccc(NC(=O)CN(C)C2CCCNC2)c1. The number of likely N-dealkylation sites (N-methyl/N-ethyl adjacent to an activating group) is 1. The Bertz CT molecular complexity index is 467. The molecule has 1 atom stereocenters. The summed E-state index contributed by atoms with van der Waals surface area (Å²) in [6.45, 7) is 6.83. The molecule has 1 saturated heterocycles. The van der Waals surface area contributed by atoms with Crippen LogP contribution in [0.4, 0.5) is 5.69 Å². The first-order chi connectivity index (χ1) is 10.1. The lowest BCUT2D eigenvalue weighted by atomic mass is 10.0. The van der Waals surface area contributed by atoms with Crippen LogP contribution in [-0.4, -0.2) is 43.5 Å². The predicted molar refractivity (Wildman–Crippen MR) is 87.7 cm³/mol. The van der Waals surface area contributed by atoms with E-state index < -0.39 is 0 Å². The molecule has 1 heterocycles. The Morgan fingerprint density at radius 1 is 1.48 bits per heavy atom. The number of benzene rings is 1. The molecule has 1 aromatic carbocycles. The van der Waals surface area contributed by atoms with Crippen LogP contribution in [0.3, 0.4) is 0 Å². The van der Waals surface area contributed by atoms with Gasteiger partial charge < -0.3 is 10.6 Å². The van der Waals surface area contributed by atoms with Crippen LogP contribution in [0.1, 0.15) is 38.2 Å². The molecule has 1 aromatic rings. The fourth-order valence-corrected chi connectivity index (χ4v) is 2.74. The Hall–Kier alpha value is -1.39. The van der Waals surface area contributed by atoms with Crippen LogP contribution in [0.2, 0.25) is 0 Å². The first kappa shape index (κ1) is 16.0. The van der Waals surface area contributed by atoms with Crippen molar-refractivity contribution in [1.82, 2.24) is 10.2 Å². The molecule has 0 aromatic heterocycles. The van der Waals surface area contributed by atoms with Crippen LogP contribution in [-0.2, 0) is 4.79 Å². The van der Waals surface area contributed by atoms with E-state index >= 15 is 0 Å². The Kier molecular flexibility index (Phi) is 5.76. The molecule has 1 aliphatic heterocycles.